The largest absolute Gasteiger partial charge is 0.343 e. The molecular formula is C22H18F4N2OS. The van der Waals surface area contributed by atoms with Gasteiger partial charge in [0.05, 0.1) is 5.25 Å². The molecule has 2 aromatic carbocycles. The predicted molar refractivity (Wildman–Crippen MR) is 107 cm³/mol. The first-order valence-electron chi connectivity index (χ1n) is 8.93. The van der Waals surface area contributed by atoms with Crippen LogP contribution in [0.5, 0.6) is 0 Å². The summed E-state index contributed by atoms with van der Waals surface area (Å²) in [6.07, 6.45) is 1.36. The first-order valence-corrected chi connectivity index (χ1v) is 9.80. The van der Waals surface area contributed by atoms with Crippen LogP contribution >= 0.6 is 11.8 Å². The van der Waals surface area contributed by atoms with Gasteiger partial charge < -0.3 is 4.90 Å². The fourth-order valence-corrected chi connectivity index (χ4v) is 4.17. The highest BCUT2D eigenvalue weighted by atomic mass is 32.2. The fraction of sp³-hybridized carbons (Fsp3) is 0.182. The number of thioether (sulfide) groups is 1. The van der Waals surface area contributed by atoms with E-state index in [9.17, 15) is 22.4 Å². The van der Waals surface area contributed by atoms with Gasteiger partial charge in [-0.2, -0.15) is 0 Å². The number of carbonyl (C=O) groups excluding carboxylic acids is 1. The smallest absolute Gasteiger partial charge is 0.271 e. The van der Waals surface area contributed by atoms with E-state index < -0.39 is 34.1 Å². The maximum atomic E-state index is 14.6. The van der Waals surface area contributed by atoms with Crippen LogP contribution in [0.3, 0.4) is 0 Å². The highest BCUT2D eigenvalue weighted by Crippen LogP contribution is 2.44. The molecule has 3 rings (SSSR count). The van der Waals surface area contributed by atoms with Crippen molar-refractivity contribution in [2.75, 3.05) is 14.1 Å². The van der Waals surface area contributed by atoms with E-state index >= 15 is 0 Å². The van der Waals surface area contributed by atoms with Crippen LogP contribution in [0, 0.1) is 30.2 Å². The normalized spacial score (nSPS) is 12.0. The van der Waals surface area contributed by atoms with Gasteiger partial charge in [-0.15, -0.1) is 11.8 Å². The third-order valence-electron chi connectivity index (χ3n) is 4.47. The molecule has 1 unspecified atom stereocenters. The lowest BCUT2D eigenvalue weighted by Gasteiger charge is -2.21. The highest BCUT2D eigenvalue weighted by Gasteiger charge is 2.28. The van der Waals surface area contributed by atoms with E-state index in [4.69, 9.17) is 0 Å². The zero-order chi connectivity index (χ0) is 22.0. The quantitative estimate of drug-likeness (QED) is 0.301. The van der Waals surface area contributed by atoms with Gasteiger partial charge in [0.1, 0.15) is 17.3 Å². The average molecular weight is 434 g/mol. The van der Waals surface area contributed by atoms with Gasteiger partial charge in [-0.25, -0.2) is 17.6 Å². The minimum absolute atomic E-state index is 0.173. The average Bonchev–Trinajstić information content (AvgIpc) is 2.71. The number of nitrogens with zero attached hydrogens (tertiary/aromatic N) is 2. The Labute approximate surface area is 175 Å². The minimum atomic E-state index is -1.30. The van der Waals surface area contributed by atoms with Crippen molar-refractivity contribution < 1.29 is 22.4 Å². The van der Waals surface area contributed by atoms with E-state index in [1.807, 2.05) is 0 Å². The first-order chi connectivity index (χ1) is 14.2. The summed E-state index contributed by atoms with van der Waals surface area (Å²) in [4.78, 5) is 18.2. The third-order valence-corrected chi connectivity index (χ3v) is 5.74. The maximum absolute atomic E-state index is 14.6. The number of benzene rings is 2. The zero-order valence-electron chi connectivity index (χ0n) is 16.4. The molecule has 0 saturated carbocycles. The van der Waals surface area contributed by atoms with Gasteiger partial charge in [-0.1, -0.05) is 0 Å². The van der Waals surface area contributed by atoms with Crippen LogP contribution in [0.2, 0.25) is 0 Å². The SMILES string of the molecule is Cc1cc(C(=O)N(C)C)ncc1C(Sc1ccc(F)cc1)c1c(F)ccc(F)c1F. The van der Waals surface area contributed by atoms with Crippen molar-refractivity contribution in [3.63, 3.8) is 0 Å². The Kier molecular flexibility index (Phi) is 6.45. The first kappa shape index (κ1) is 21.8. The van der Waals surface area contributed by atoms with Crippen LogP contribution in [0.1, 0.15) is 32.4 Å². The predicted octanol–water partition coefficient (Wildman–Crippen LogP) is 5.53. The van der Waals surface area contributed by atoms with E-state index in [1.165, 1.54) is 41.4 Å². The van der Waals surface area contributed by atoms with Crippen LogP contribution in [0.15, 0.2) is 53.6 Å². The lowest BCUT2D eigenvalue weighted by molar-refractivity contribution is 0.0822. The number of halogens is 4. The molecule has 1 aromatic heterocycles. The monoisotopic (exact) mass is 434 g/mol. The molecule has 8 heteroatoms. The number of rotatable bonds is 5. The summed E-state index contributed by atoms with van der Waals surface area (Å²) in [5, 5.41) is -1.01. The lowest BCUT2D eigenvalue weighted by atomic mass is 10.00. The van der Waals surface area contributed by atoms with Gasteiger partial charge in [-0.05, 0) is 60.5 Å². The Bertz CT molecular complexity index is 1090. The third kappa shape index (κ3) is 4.48. The zero-order valence-corrected chi connectivity index (χ0v) is 17.2. The number of pyridine rings is 1. The van der Waals surface area contributed by atoms with Gasteiger partial charge in [-0.3, -0.25) is 9.78 Å². The maximum Gasteiger partial charge on any atom is 0.271 e. The Morgan fingerprint density at radius 2 is 1.63 bits per heavy atom. The molecule has 0 aliphatic carbocycles. The molecule has 0 bridgehead atoms. The summed E-state index contributed by atoms with van der Waals surface area (Å²) in [5.74, 6) is -4.18. The van der Waals surface area contributed by atoms with Crippen LogP contribution in [0.25, 0.3) is 0 Å². The number of hydrogen-bond donors (Lipinski definition) is 0. The van der Waals surface area contributed by atoms with Crippen molar-refractivity contribution in [1.82, 2.24) is 9.88 Å². The van der Waals surface area contributed by atoms with Crippen molar-refractivity contribution in [3.05, 3.63) is 94.3 Å². The van der Waals surface area contributed by atoms with Gasteiger partial charge >= 0.3 is 0 Å². The van der Waals surface area contributed by atoms with E-state index in [1.54, 1.807) is 21.0 Å². The lowest BCUT2D eigenvalue weighted by Crippen LogP contribution is -2.23. The minimum Gasteiger partial charge on any atom is -0.343 e. The summed E-state index contributed by atoms with van der Waals surface area (Å²) >= 11 is 1.03. The van der Waals surface area contributed by atoms with Gasteiger partial charge in [0.2, 0.25) is 0 Å². The topological polar surface area (TPSA) is 33.2 Å². The summed E-state index contributed by atoms with van der Waals surface area (Å²) in [6.45, 7) is 1.68. The van der Waals surface area contributed by atoms with Crippen molar-refractivity contribution >= 4 is 17.7 Å². The van der Waals surface area contributed by atoms with E-state index in [0.29, 0.717) is 16.0 Å². The number of aryl methyl sites for hydroxylation is 1. The molecule has 0 aliphatic rings. The molecule has 0 aliphatic heterocycles. The van der Waals surface area contributed by atoms with Crippen molar-refractivity contribution in [2.45, 2.75) is 17.1 Å². The molecule has 0 spiro atoms. The Hall–Kier alpha value is -2.87. The van der Waals surface area contributed by atoms with Gasteiger partial charge in [0.25, 0.3) is 5.91 Å². The summed E-state index contributed by atoms with van der Waals surface area (Å²) in [6, 6.07) is 8.48. The summed E-state index contributed by atoms with van der Waals surface area (Å²) < 4.78 is 56.5. The van der Waals surface area contributed by atoms with Gasteiger partial charge in [0, 0.05) is 30.8 Å². The molecule has 0 N–H and O–H groups in total. The molecule has 1 amide bonds. The molecule has 3 aromatic rings. The Morgan fingerprint density at radius 1 is 1.00 bits per heavy atom. The fourth-order valence-electron chi connectivity index (χ4n) is 2.90. The molecule has 0 radical (unpaired) electrons. The van der Waals surface area contributed by atoms with E-state index in [2.05, 4.69) is 4.98 Å². The highest BCUT2D eigenvalue weighted by molar-refractivity contribution is 7.99. The Balaban J connectivity index is 2.14. The van der Waals surface area contributed by atoms with Crippen molar-refractivity contribution in [3.8, 4) is 0 Å². The number of aromatic nitrogens is 1. The number of carbonyl (C=O) groups is 1. The van der Waals surface area contributed by atoms with Crippen LogP contribution < -0.4 is 0 Å². The van der Waals surface area contributed by atoms with Crippen LogP contribution in [0.4, 0.5) is 17.6 Å². The molecule has 156 valence electrons. The summed E-state index contributed by atoms with van der Waals surface area (Å²) in [5.41, 5.74) is 0.661. The molecule has 1 atom stereocenters. The molecule has 30 heavy (non-hydrogen) atoms. The number of hydrogen-bond acceptors (Lipinski definition) is 3. The van der Waals surface area contributed by atoms with Crippen molar-refractivity contribution in [1.29, 1.82) is 0 Å². The molecule has 1 heterocycles. The molecular weight excluding hydrogens is 416 g/mol. The summed E-state index contributed by atoms with van der Waals surface area (Å²) in [7, 11) is 3.16. The van der Waals surface area contributed by atoms with Crippen LogP contribution in [-0.2, 0) is 0 Å². The van der Waals surface area contributed by atoms with E-state index in [0.717, 1.165) is 23.9 Å². The van der Waals surface area contributed by atoms with Crippen molar-refractivity contribution in [2.24, 2.45) is 0 Å². The Morgan fingerprint density at radius 3 is 2.23 bits per heavy atom. The number of amides is 1. The molecule has 0 fully saturated rings. The molecule has 0 saturated heterocycles. The van der Waals surface area contributed by atoms with E-state index in [-0.39, 0.29) is 11.6 Å². The van der Waals surface area contributed by atoms with Gasteiger partial charge in [0.15, 0.2) is 11.6 Å². The molecule has 3 nitrogen and oxygen atoms in total. The standard InChI is InChI=1S/C22H18F4N2OS/c1-12-10-18(22(29)28(2)3)27-11-15(12)21(30-14-6-4-13(23)5-7-14)19-16(24)8-9-17(25)20(19)26/h4-11,21H,1-3H3. The van der Waals surface area contributed by atoms with Crippen LogP contribution in [-0.4, -0.2) is 29.9 Å². The second kappa shape index (κ2) is 8.87. The second-order valence-corrected chi connectivity index (χ2v) is 8.01. The second-order valence-electron chi connectivity index (χ2n) is 6.83.